The summed E-state index contributed by atoms with van der Waals surface area (Å²) < 4.78 is 0. The highest BCUT2D eigenvalue weighted by molar-refractivity contribution is 5.58. The van der Waals surface area contributed by atoms with Crippen molar-refractivity contribution in [1.29, 1.82) is 5.26 Å². The van der Waals surface area contributed by atoms with Gasteiger partial charge in [-0.05, 0) is 24.1 Å². The summed E-state index contributed by atoms with van der Waals surface area (Å²) in [7, 11) is 0. The first-order chi connectivity index (χ1) is 6.57. The third kappa shape index (κ3) is 2.70. The summed E-state index contributed by atoms with van der Waals surface area (Å²) in [5.74, 6) is 0. The second-order valence-electron chi connectivity index (χ2n) is 4.10. The summed E-state index contributed by atoms with van der Waals surface area (Å²) in [5.41, 5.74) is 1.32. The number of aldehydes is 1. The molecule has 0 saturated carbocycles. The van der Waals surface area contributed by atoms with Crippen LogP contribution in [0.2, 0.25) is 0 Å². The fourth-order valence-corrected chi connectivity index (χ4v) is 1.32. The SMILES string of the molecule is CC(C)(C=O)Cc1cccc(C#N)c1. The first-order valence-electron chi connectivity index (χ1n) is 4.53. The van der Waals surface area contributed by atoms with Gasteiger partial charge in [-0.25, -0.2) is 0 Å². The summed E-state index contributed by atoms with van der Waals surface area (Å²) >= 11 is 0. The Bertz CT molecular complexity index is 374. The number of nitriles is 1. The fourth-order valence-electron chi connectivity index (χ4n) is 1.32. The molecule has 0 fully saturated rings. The van der Waals surface area contributed by atoms with E-state index in [0.29, 0.717) is 12.0 Å². The fraction of sp³-hybridized carbons (Fsp3) is 0.333. The van der Waals surface area contributed by atoms with E-state index < -0.39 is 0 Å². The predicted octanol–water partition coefficient (Wildman–Crippen LogP) is 2.33. The predicted molar refractivity (Wildman–Crippen MR) is 54.7 cm³/mol. The van der Waals surface area contributed by atoms with E-state index in [2.05, 4.69) is 6.07 Å². The molecule has 0 N–H and O–H groups in total. The van der Waals surface area contributed by atoms with Crippen LogP contribution in [-0.2, 0) is 11.2 Å². The number of rotatable bonds is 3. The van der Waals surface area contributed by atoms with Crippen molar-refractivity contribution in [3.8, 4) is 6.07 Å². The van der Waals surface area contributed by atoms with Crippen LogP contribution >= 0.6 is 0 Å². The van der Waals surface area contributed by atoms with Crippen molar-refractivity contribution in [2.45, 2.75) is 20.3 Å². The Labute approximate surface area is 84.2 Å². The van der Waals surface area contributed by atoms with Gasteiger partial charge in [-0.3, -0.25) is 0 Å². The molecule has 0 bridgehead atoms. The Morgan fingerprint density at radius 3 is 2.79 bits per heavy atom. The lowest BCUT2D eigenvalue weighted by Crippen LogP contribution is -2.16. The van der Waals surface area contributed by atoms with Crippen molar-refractivity contribution < 1.29 is 4.79 Å². The van der Waals surface area contributed by atoms with Crippen LogP contribution in [-0.4, -0.2) is 6.29 Å². The van der Waals surface area contributed by atoms with Crippen LogP contribution in [0.15, 0.2) is 24.3 Å². The molecule has 0 saturated heterocycles. The van der Waals surface area contributed by atoms with Gasteiger partial charge < -0.3 is 4.79 Å². The monoisotopic (exact) mass is 187 g/mol. The zero-order chi connectivity index (χ0) is 10.6. The van der Waals surface area contributed by atoms with Gasteiger partial charge in [0.15, 0.2) is 0 Å². The third-order valence-corrected chi connectivity index (χ3v) is 2.03. The lowest BCUT2D eigenvalue weighted by Gasteiger charge is -2.16. The van der Waals surface area contributed by atoms with Gasteiger partial charge in [0.25, 0.3) is 0 Å². The molecule has 0 aliphatic rings. The van der Waals surface area contributed by atoms with Crippen LogP contribution in [0.25, 0.3) is 0 Å². The van der Waals surface area contributed by atoms with Crippen LogP contribution < -0.4 is 0 Å². The molecular formula is C12H13NO. The normalized spacial score (nSPS) is 10.6. The van der Waals surface area contributed by atoms with Crippen molar-refractivity contribution in [1.82, 2.24) is 0 Å². The first kappa shape index (κ1) is 10.5. The van der Waals surface area contributed by atoms with Crippen molar-refractivity contribution in [3.63, 3.8) is 0 Å². The van der Waals surface area contributed by atoms with Gasteiger partial charge in [0, 0.05) is 5.41 Å². The lowest BCUT2D eigenvalue weighted by atomic mass is 9.87. The maximum Gasteiger partial charge on any atom is 0.125 e. The summed E-state index contributed by atoms with van der Waals surface area (Å²) in [5, 5.41) is 8.70. The summed E-state index contributed by atoms with van der Waals surface area (Å²) in [6.45, 7) is 3.78. The van der Waals surface area contributed by atoms with Crippen molar-refractivity contribution in [2.75, 3.05) is 0 Å². The van der Waals surface area contributed by atoms with Gasteiger partial charge in [0.2, 0.25) is 0 Å². The number of hydrogen-bond donors (Lipinski definition) is 0. The minimum Gasteiger partial charge on any atom is -0.303 e. The molecular weight excluding hydrogens is 174 g/mol. The van der Waals surface area contributed by atoms with Crippen molar-refractivity contribution in [3.05, 3.63) is 35.4 Å². The van der Waals surface area contributed by atoms with Crippen LogP contribution in [0.3, 0.4) is 0 Å². The van der Waals surface area contributed by atoms with E-state index >= 15 is 0 Å². The third-order valence-electron chi connectivity index (χ3n) is 2.03. The topological polar surface area (TPSA) is 40.9 Å². The van der Waals surface area contributed by atoms with Gasteiger partial charge in [-0.15, -0.1) is 0 Å². The van der Waals surface area contributed by atoms with Crippen LogP contribution in [0.4, 0.5) is 0 Å². The van der Waals surface area contributed by atoms with E-state index in [0.717, 1.165) is 11.8 Å². The van der Waals surface area contributed by atoms with Gasteiger partial charge in [0.05, 0.1) is 11.6 Å². The maximum absolute atomic E-state index is 10.7. The Hall–Kier alpha value is -1.62. The van der Waals surface area contributed by atoms with E-state index in [-0.39, 0.29) is 5.41 Å². The molecule has 0 radical (unpaired) electrons. The molecule has 0 heterocycles. The Morgan fingerprint density at radius 1 is 1.50 bits per heavy atom. The molecule has 2 heteroatoms. The highest BCUT2D eigenvalue weighted by Crippen LogP contribution is 2.19. The molecule has 0 unspecified atom stereocenters. The second-order valence-corrected chi connectivity index (χ2v) is 4.10. The molecule has 0 atom stereocenters. The lowest BCUT2D eigenvalue weighted by molar-refractivity contribution is -0.114. The standard InChI is InChI=1S/C12H13NO/c1-12(2,9-14)7-10-4-3-5-11(6-10)8-13/h3-6,9H,7H2,1-2H3. The molecule has 1 aromatic rings. The van der Waals surface area contributed by atoms with Gasteiger partial charge in [-0.2, -0.15) is 5.26 Å². The summed E-state index contributed by atoms with van der Waals surface area (Å²) in [6, 6.07) is 9.45. The molecule has 1 rings (SSSR count). The number of benzene rings is 1. The van der Waals surface area contributed by atoms with Crippen molar-refractivity contribution in [2.24, 2.45) is 5.41 Å². The maximum atomic E-state index is 10.7. The minimum atomic E-state index is -0.353. The Balaban J connectivity index is 2.88. The van der Waals surface area contributed by atoms with E-state index in [1.807, 2.05) is 32.0 Å². The molecule has 0 amide bonds. The zero-order valence-corrected chi connectivity index (χ0v) is 8.45. The average molecular weight is 187 g/mol. The van der Waals surface area contributed by atoms with E-state index in [1.54, 1.807) is 6.07 Å². The largest absolute Gasteiger partial charge is 0.303 e. The van der Waals surface area contributed by atoms with E-state index in [9.17, 15) is 4.79 Å². The number of carbonyl (C=O) groups is 1. The van der Waals surface area contributed by atoms with E-state index in [4.69, 9.17) is 5.26 Å². The summed E-state index contributed by atoms with van der Waals surface area (Å²) in [6.07, 6.45) is 1.62. The number of nitrogens with zero attached hydrogens (tertiary/aromatic N) is 1. The molecule has 0 aromatic heterocycles. The average Bonchev–Trinajstić information content (AvgIpc) is 2.17. The highest BCUT2D eigenvalue weighted by atomic mass is 16.1. The highest BCUT2D eigenvalue weighted by Gasteiger charge is 2.16. The number of hydrogen-bond acceptors (Lipinski definition) is 2. The molecule has 0 aliphatic carbocycles. The quantitative estimate of drug-likeness (QED) is 0.681. The molecule has 1 aromatic carbocycles. The van der Waals surface area contributed by atoms with E-state index in [1.165, 1.54) is 0 Å². The van der Waals surface area contributed by atoms with Crippen LogP contribution in [0.5, 0.6) is 0 Å². The molecule has 0 spiro atoms. The molecule has 72 valence electrons. The molecule has 0 aliphatic heterocycles. The van der Waals surface area contributed by atoms with Crippen LogP contribution in [0, 0.1) is 16.7 Å². The van der Waals surface area contributed by atoms with Gasteiger partial charge in [0.1, 0.15) is 6.29 Å². The van der Waals surface area contributed by atoms with Gasteiger partial charge >= 0.3 is 0 Å². The summed E-state index contributed by atoms with van der Waals surface area (Å²) in [4.78, 5) is 10.7. The first-order valence-corrected chi connectivity index (χ1v) is 4.53. The smallest absolute Gasteiger partial charge is 0.125 e. The Morgan fingerprint density at radius 2 is 2.21 bits per heavy atom. The number of carbonyl (C=O) groups excluding carboxylic acids is 1. The second kappa shape index (κ2) is 4.06. The molecule has 14 heavy (non-hydrogen) atoms. The zero-order valence-electron chi connectivity index (χ0n) is 8.45. The van der Waals surface area contributed by atoms with Crippen LogP contribution in [0.1, 0.15) is 25.0 Å². The van der Waals surface area contributed by atoms with Crippen molar-refractivity contribution >= 4 is 6.29 Å². The van der Waals surface area contributed by atoms with Gasteiger partial charge in [-0.1, -0.05) is 26.0 Å². The molecule has 2 nitrogen and oxygen atoms in total. The Kier molecular flexibility index (Phi) is 3.03. The minimum absolute atomic E-state index is 0.353.